The van der Waals surface area contributed by atoms with Gasteiger partial charge >= 0.3 is 0 Å². The van der Waals surface area contributed by atoms with E-state index in [1.54, 1.807) is 24.3 Å². The number of nitrogens with zero attached hydrogens (tertiary/aromatic N) is 2. The highest BCUT2D eigenvalue weighted by atomic mass is 32.2. The van der Waals surface area contributed by atoms with Crippen LogP contribution < -0.4 is 4.72 Å². The van der Waals surface area contributed by atoms with Gasteiger partial charge in [0.15, 0.2) is 0 Å². The first-order chi connectivity index (χ1) is 17.7. The van der Waals surface area contributed by atoms with Gasteiger partial charge < -0.3 is 0 Å². The van der Waals surface area contributed by atoms with Crippen molar-refractivity contribution in [2.45, 2.75) is 50.5 Å². The first-order valence-electron chi connectivity index (χ1n) is 12.7. The molecule has 5 rings (SSSR count). The number of halogens is 1. The highest BCUT2D eigenvalue weighted by molar-refractivity contribution is 7.89. The molecular formula is C30H32FN3O2S. The van der Waals surface area contributed by atoms with Crippen molar-refractivity contribution in [3.8, 4) is 22.5 Å². The summed E-state index contributed by atoms with van der Waals surface area (Å²) in [4.78, 5) is 0.383. The summed E-state index contributed by atoms with van der Waals surface area (Å²) >= 11 is 0. The van der Waals surface area contributed by atoms with E-state index >= 15 is 0 Å². The molecule has 0 aliphatic carbocycles. The maximum absolute atomic E-state index is 13.4. The Labute approximate surface area is 218 Å². The van der Waals surface area contributed by atoms with Crippen molar-refractivity contribution in [3.63, 3.8) is 0 Å². The topological polar surface area (TPSA) is 64.0 Å². The molecule has 5 nitrogen and oxygen atoms in total. The SMILES string of the molecule is CCc1cc(-c2cc(-c3ccc(F)cc3)n(C)n2)ccc1C[C@H](CC)[C@]1(C)NS(=O)(=O)c2ccccc21. The Morgan fingerprint density at radius 1 is 0.973 bits per heavy atom. The average molecular weight is 518 g/mol. The van der Waals surface area contributed by atoms with Gasteiger partial charge in [-0.05, 0) is 90.4 Å². The molecule has 1 aliphatic rings. The van der Waals surface area contributed by atoms with Gasteiger partial charge in [-0.1, -0.05) is 50.6 Å². The van der Waals surface area contributed by atoms with E-state index in [2.05, 4.69) is 36.8 Å². The molecule has 2 atom stereocenters. The monoisotopic (exact) mass is 517 g/mol. The molecule has 37 heavy (non-hydrogen) atoms. The molecule has 0 bridgehead atoms. The Balaban J connectivity index is 1.46. The molecule has 0 unspecified atom stereocenters. The molecule has 0 saturated carbocycles. The first kappa shape index (κ1) is 25.4. The van der Waals surface area contributed by atoms with Gasteiger partial charge in [0.2, 0.25) is 10.0 Å². The molecule has 0 saturated heterocycles. The Kier molecular flexibility index (Phi) is 6.54. The summed E-state index contributed by atoms with van der Waals surface area (Å²) < 4.78 is 43.9. The second-order valence-electron chi connectivity index (χ2n) is 10.00. The van der Waals surface area contributed by atoms with E-state index in [-0.39, 0.29) is 11.7 Å². The third kappa shape index (κ3) is 4.51. The molecule has 192 valence electrons. The van der Waals surface area contributed by atoms with E-state index in [1.165, 1.54) is 23.3 Å². The highest BCUT2D eigenvalue weighted by Gasteiger charge is 2.47. The molecule has 1 aromatic heterocycles. The summed E-state index contributed by atoms with van der Waals surface area (Å²) in [5.74, 6) is -0.176. The lowest BCUT2D eigenvalue weighted by molar-refractivity contribution is 0.267. The fourth-order valence-electron chi connectivity index (χ4n) is 5.66. The van der Waals surface area contributed by atoms with E-state index in [1.807, 2.05) is 36.9 Å². The van der Waals surface area contributed by atoms with Crippen molar-refractivity contribution in [1.29, 1.82) is 0 Å². The van der Waals surface area contributed by atoms with E-state index in [0.717, 1.165) is 47.3 Å². The largest absolute Gasteiger partial charge is 0.267 e. The van der Waals surface area contributed by atoms with Gasteiger partial charge in [-0.3, -0.25) is 4.68 Å². The van der Waals surface area contributed by atoms with Crippen LogP contribution in [0, 0.1) is 11.7 Å². The van der Waals surface area contributed by atoms with Gasteiger partial charge in [-0.15, -0.1) is 0 Å². The number of rotatable bonds is 7. The third-order valence-corrected chi connectivity index (χ3v) is 9.39. The van der Waals surface area contributed by atoms with Crippen LogP contribution in [0.2, 0.25) is 0 Å². The quantitative estimate of drug-likeness (QED) is 0.316. The van der Waals surface area contributed by atoms with Crippen molar-refractivity contribution in [3.05, 3.63) is 95.3 Å². The predicted molar refractivity (Wildman–Crippen MR) is 145 cm³/mol. The van der Waals surface area contributed by atoms with Crippen LogP contribution in [-0.4, -0.2) is 18.2 Å². The Hall–Kier alpha value is -3.29. The summed E-state index contributed by atoms with van der Waals surface area (Å²) in [7, 11) is -1.63. The summed E-state index contributed by atoms with van der Waals surface area (Å²) in [5, 5.41) is 4.72. The lowest BCUT2D eigenvalue weighted by Crippen LogP contribution is -2.44. The maximum atomic E-state index is 13.4. The number of benzene rings is 3. The number of aromatic nitrogens is 2. The normalized spacial score (nSPS) is 19.1. The van der Waals surface area contributed by atoms with Crippen LogP contribution in [0.4, 0.5) is 4.39 Å². The third-order valence-electron chi connectivity index (χ3n) is 7.76. The Morgan fingerprint density at radius 2 is 1.68 bits per heavy atom. The zero-order valence-corrected chi connectivity index (χ0v) is 22.4. The van der Waals surface area contributed by atoms with Crippen molar-refractivity contribution >= 4 is 10.0 Å². The molecule has 1 N–H and O–H groups in total. The fraction of sp³-hybridized carbons (Fsp3) is 0.300. The zero-order chi connectivity index (χ0) is 26.4. The van der Waals surface area contributed by atoms with Crippen LogP contribution in [0.15, 0.2) is 77.7 Å². The number of fused-ring (bicyclic) bond motifs is 1. The number of hydrogen-bond acceptors (Lipinski definition) is 3. The van der Waals surface area contributed by atoms with Crippen molar-refractivity contribution in [2.24, 2.45) is 13.0 Å². The first-order valence-corrected chi connectivity index (χ1v) is 14.2. The summed E-state index contributed by atoms with van der Waals surface area (Å²) in [5.41, 5.74) is 6.34. The van der Waals surface area contributed by atoms with Crippen LogP contribution in [-0.2, 0) is 35.5 Å². The molecule has 0 spiro atoms. The predicted octanol–water partition coefficient (Wildman–Crippen LogP) is 6.23. The smallest absolute Gasteiger partial charge is 0.241 e. The van der Waals surface area contributed by atoms with Gasteiger partial charge in [0.25, 0.3) is 0 Å². The van der Waals surface area contributed by atoms with Crippen LogP contribution in [0.25, 0.3) is 22.5 Å². The van der Waals surface area contributed by atoms with Crippen LogP contribution in [0.1, 0.15) is 43.9 Å². The highest BCUT2D eigenvalue weighted by Crippen LogP contribution is 2.43. The minimum Gasteiger partial charge on any atom is -0.267 e. The lowest BCUT2D eigenvalue weighted by atomic mass is 9.75. The average Bonchev–Trinajstić information content (AvgIpc) is 3.38. The molecule has 0 radical (unpaired) electrons. The van der Waals surface area contributed by atoms with Crippen molar-refractivity contribution < 1.29 is 12.8 Å². The van der Waals surface area contributed by atoms with Gasteiger partial charge in [-0.2, -0.15) is 5.10 Å². The molecule has 0 fully saturated rings. The van der Waals surface area contributed by atoms with Gasteiger partial charge in [0, 0.05) is 12.6 Å². The Morgan fingerprint density at radius 3 is 2.38 bits per heavy atom. The van der Waals surface area contributed by atoms with Gasteiger partial charge in [0.1, 0.15) is 5.82 Å². The van der Waals surface area contributed by atoms with Gasteiger partial charge in [0.05, 0.1) is 21.8 Å². The van der Waals surface area contributed by atoms with E-state index < -0.39 is 15.6 Å². The summed E-state index contributed by atoms with van der Waals surface area (Å²) in [6.45, 7) is 6.27. The molecular weight excluding hydrogens is 485 g/mol. The van der Waals surface area contributed by atoms with E-state index in [4.69, 9.17) is 5.10 Å². The minimum absolute atomic E-state index is 0.0852. The molecule has 2 heterocycles. The maximum Gasteiger partial charge on any atom is 0.241 e. The zero-order valence-electron chi connectivity index (χ0n) is 21.6. The molecule has 4 aromatic rings. The fourth-order valence-corrected chi connectivity index (χ4v) is 7.43. The van der Waals surface area contributed by atoms with Crippen molar-refractivity contribution in [1.82, 2.24) is 14.5 Å². The molecule has 1 aliphatic heterocycles. The van der Waals surface area contributed by atoms with Crippen molar-refractivity contribution in [2.75, 3.05) is 0 Å². The van der Waals surface area contributed by atoms with Crippen LogP contribution >= 0.6 is 0 Å². The summed E-state index contributed by atoms with van der Waals surface area (Å²) in [6.07, 6.45) is 2.45. The van der Waals surface area contributed by atoms with Gasteiger partial charge in [-0.25, -0.2) is 17.5 Å². The minimum atomic E-state index is -3.53. The second-order valence-corrected chi connectivity index (χ2v) is 11.6. The molecule has 0 amide bonds. The number of aryl methyl sites for hydroxylation is 2. The lowest BCUT2D eigenvalue weighted by Gasteiger charge is -2.34. The second kappa shape index (κ2) is 9.54. The van der Waals surface area contributed by atoms with Crippen LogP contribution in [0.5, 0.6) is 0 Å². The standard InChI is InChI=1S/C30H32FN3O2S/c1-5-20-17-23(27-19-28(34(4)32-27)21-13-15-25(31)16-14-21)12-11-22(20)18-24(6-2)30(3)26-9-7-8-10-29(26)37(35,36)33-30/h7-17,19,24,33H,5-6,18H2,1-4H3/t24-,30-/m0/s1. The number of hydrogen-bond donors (Lipinski definition) is 1. The van der Waals surface area contributed by atoms with E-state index in [9.17, 15) is 12.8 Å². The number of nitrogens with one attached hydrogen (secondary N) is 1. The van der Waals surface area contributed by atoms with E-state index in [0.29, 0.717) is 4.90 Å². The van der Waals surface area contributed by atoms with Crippen LogP contribution in [0.3, 0.4) is 0 Å². The Bertz CT molecular complexity index is 1560. The molecule has 3 aromatic carbocycles. The number of sulfonamides is 1. The summed E-state index contributed by atoms with van der Waals surface area (Å²) in [6, 6.07) is 22.2. The molecule has 7 heteroatoms.